The Morgan fingerprint density at radius 1 is 1.48 bits per heavy atom. The van der Waals surface area contributed by atoms with Crippen LogP contribution >= 0.6 is 0 Å². The van der Waals surface area contributed by atoms with Gasteiger partial charge in [-0.05, 0) is 25.3 Å². The minimum absolute atomic E-state index is 0.147. The largest absolute Gasteiger partial charge is 0.379 e. The quantitative estimate of drug-likeness (QED) is 0.424. The molecule has 9 heteroatoms. The molecule has 3 rings (SSSR count). The normalized spacial score (nSPS) is 17.0. The topological polar surface area (TPSA) is 119 Å². The van der Waals surface area contributed by atoms with Gasteiger partial charge in [0.15, 0.2) is 0 Å². The molecule has 25 heavy (non-hydrogen) atoms. The minimum Gasteiger partial charge on any atom is -0.379 e. The Balaban J connectivity index is 1.57. The molecular formula is C16H20N4O5. The molecular weight excluding hydrogens is 328 g/mol. The number of aromatic amines is 1. The molecule has 1 saturated heterocycles. The Morgan fingerprint density at radius 2 is 2.36 bits per heavy atom. The van der Waals surface area contributed by atoms with Crippen LogP contribution in [0.5, 0.6) is 0 Å². The number of rotatable bonds is 8. The molecule has 0 bridgehead atoms. The van der Waals surface area contributed by atoms with Crippen LogP contribution in [-0.2, 0) is 9.47 Å². The van der Waals surface area contributed by atoms with E-state index in [0.717, 1.165) is 19.4 Å². The molecule has 0 unspecified atom stereocenters. The summed E-state index contributed by atoms with van der Waals surface area (Å²) in [4.78, 5) is 28.9. The molecule has 0 spiro atoms. The average molecular weight is 348 g/mol. The van der Waals surface area contributed by atoms with Crippen LogP contribution in [0, 0.1) is 10.1 Å². The Hall–Kier alpha value is -2.52. The van der Waals surface area contributed by atoms with Crippen molar-refractivity contribution in [1.82, 2.24) is 9.97 Å². The lowest BCUT2D eigenvalue weighted by Gasteiger charge is -2.11. The molecule has 2 aromatic rings. The van der Waals surface area contributed by atoms with E-state index in [-0.39, 0.29) is 17.2 Å². The zero-order chi connectivity index (χ0) is 17.6. The van der Waals surface area contributed by atoms with Crippen LogP contribution in [0.2, 0.25) is 0 Å². The first-order chi connectivity index (χ1) is 12.1. The van der Waals surface area contributed by atoms with E-state index in [1.54, 1.807) is 0 Å². The molecule has 1 aliphatic heterocycles. The highest BCUT2D eigenvalue weighted by Gasteiger charge is 2.17. The lowest BCUT2D eigenvalue weighted by atomic mass is 10.2. The van der Waals surface area contributed by atoms with Crippen LogP contribution < -0.4 is 10.9 Å². The van der Waals surface area contributed by atoms with E-state index in [1.165, 1.54) is 18.5 Å². The molecule has 1 aromatic heterocycles. The molecule has 1 aromatic carbocycles. The number of aromatic nitrogens is 2. The van der Waals surface area contributed by atoms with E-state index < -0.39 is 10.5 Å². The first-order valence-corrected chi connectivity index (χ1v) is 8.24. The summed E-state index contributed by atoms with van der Waals surface area (Å²) in [5, 5.41) is 14.5. The number of ether oxygens (including phenoxy) is 2. The van der Waals surface area contributed by atoms with Gasteiger partial charge in [0.25, 0.3) is 11.2 Å². The van der Waals surface area contributed by atoms with Gasteiger partial charge in [-0.15, -0.1) is 0 Å². The zero-order valence-corrected chi connectivity index (χ0v) is 13.7. The number of benzene rings is 1. The van der Waals surface area contributed by atoms with Gasteiger partial charge in [-0.3, -0.25) is 14.9 Å². The first-order valence-electron chi connectivity index (χ1n) is 8.24. The third-order valence-electron chi connectivity index (χ3n) is 4.06. The maximum Gasteiger partial charge on any atom is 0.293 e. The number of nitrogens with zero attached hydrogens (tertiary/aromatic N) is 2. The third-order valence-corrected chi connectivity index (χ3v) is 4.06. The summed E-state index contributed by atoms with van der Waals surface area (Å²) < 4.78 is 11.0. The lowest BCUT2D eigenvalue weighted by Crippen LogP contribution is -2.16. The summed E-state index contributed by atoms with van der Waals surface area (Å²) in [5.74, 6) is 0. The van der Waals surface area contributed by atoms with E-state index in [0.29, 0.717) is 37.4 Å². The van der Waals surface area contributed by atoms with E-state index in [9.17, 15) is 14.9 Å². The highest BCUT2D eigenvalue weighted by Crippen LogP contribution is 2.27. The molecule has 1 aliphatic rings. The van der Waals surface area contributed by atoms with Gasteiger partial charge in [-0.1, -0.05) is 0 Å². The second-order valence-electron chi connectivity index (χ2n) is 5.87. The predicted molar refractivity (Wildman–Crippen MR) is 91.9 cm³/mol. The second kappa shape index (κ2) is 8.04. The number of fused-ring (bicyclic) bond motifs is 1. The van der Waals surface area contributed by atoms with Crippen molar-refractivity contribution in [1.29, 1.82) is 0 Å². The van der Waals surface area contributed by atoms with Crippen molar-refractivity contribution in [2.45, 2.75) is 25.4 Å². The van der Waals surface area contributed by atoms with E-state index in [1.807, 2.05) is 0 Å². The summed E-state index contributed by atoms with van der Waals surface area (Å²) in [6.45, 7) is 2.45. The minimum atomic E-state index is -0.512. The molecule has 134 valence electrons. The van der Waals surface area contributed by atoms with Gasteiger partial charge in [-0.25, -0.2) is 4.98 Å². The summed E-state index contributed by atoms with van der Waals surface area (Å²) in [6, 6.07) is 2.77. The van der Waals surface area contributed by atoms with Gasteiger partial charge in [0, 0.05) is 25.8 Å². The molecule has 1 fully saturated rings. The van der Waals surface area contributed by atoms with Crippen molar-refractivity contribution < 1.29 is 14.4 Å². The van der Waals surface area contributed by atoms with Gasteiger partial charge in [0.1, 0.15) is 5.69 Å². The molecule has 0 radical (unpaired) electrons. The van der Waals surface area contributed by atoms with Gasteiger partial charge in [0.05, 0.1) is 34.9 Å². The van der Waals surface area contributed by atoms with E-state index in [2.05, 4.69) is 15.3 Å². The number of nitrogens with one attached hydrogen (secondary N) is 2. The third kappa shape index (κ3) is 4.31. The first kappa shape index (κ1) is 17.3. The van der Waals surface area contributed by atoms with Crippen LogP contribution in [-0.4, -0.2) is 47.4 Å². The maximum absolute atomic E-state index is 11.7. The number of nitro benzene ring substituents is 1. The fourth-order valence-electron chi connectivity index (χ4n) is 2.78. The molecule has 0 aliphatic carbocycles. The Kier molecular flexibility index (Phi) is 5.56. The highest BCUT2D eigenvalue weighted by molar-refractivity contribution is 5.86. The summed E-state index contributed by atoms with van der Waals surface area (Å²) >= 11 is 0. The van der Waals surface area contributed by atoms with Crippen molar-refractivity contribution in [2.24, 2.45) is 0 Å². The van der Waals surface area contributed by atoms with E-state index in [4.69, 9.17) is 9.47 Å². The van der Waals surface area contributed by atoms with Crippen molar-refractivity contribution in [2.75, 3.05) is 31.7 Å². The molecule has 0 amide bonds. The number of H-pyrrole nitrogens is 1. The number of hydrogen-bond acceptors (Lipinski definition) is 7. The van der Waals surface area contributed by atoms with Crippen molar-refractivity contribution in [3.8, 4) is 0 Å². The van der Waals surface area contributed by atoms with Crippen molar-refractivity contribution in [3.05, 3.63) is 38.9 Å². The van der Waals surface area contributed by atoms with Crippen molar-refractivity contribution in [3.63, 3.8) is 0 Å². The average Bonchev–Trinajstić information content (AvgIpc) is 3.11. The Labute approximate surface area is 143 Å². The summed E-state index contributed by atoms with van der Waals surface area (Å²) in [7, 11) is 0. The second-order valence-corrected chi connectivity index (χ2v) is 5.87. The fourth-order valence-corrected chi connectivity index (χ4v) is 2.78. The van der Waals surface area contributed by atoms with Gasteiger partial charge in [0.2, 0.25) is 0 Å². The lowest BCUT2D eigenvalue weighted by molar-refractivity contribution is -0.383. The highest BCUT2D eigenvalue weighted by atomic mass is 16.6. The maximum atomic E-state index is 11.7. The van der Waals surface area contributed by atoms with Crippen molar-refractivity contribution >= 4 is 22.3 Å². The molecule has 2 heterocycles. The van der Waals surface area contributed by atoms with Gasteiger partial charge >= 0.3 is 0 Å². The molecule has 1 atom stereocenters. The van der Waals surface area contributed by atoms with Crippen LogP contribution in [0.3, 0.4) is 0 Å². The van der Waals surface area contributed by atoms with Crippen LogP contribution in [0.1, 0.15) is 19.3 Å². The zero-order valence-electron chi connectivity index (χ0n) is 13.7. The summed E-state index contributed by atoms with van der Waals surface area (Å²) in [6.07, 6.45) is 4.29. The molecule has 9 nitrogen and oxygen atoms in total. The standard InChI is InChI=1S/C16H20N4O5/c21-16-12-7-15(20(22)23)14(8-13(12)18-10-19-16)17-4-2-5-24-9-11-3-1-6-25-11/h7-8,10-11,17H,1-6,9H2,(H,18,19,21)/t11-/m1/s1. The fraction of sp³-hybridized carbons (Fsp3) is 0.500. The van der Waals surface area contributed by atoms with E-state index >= 15 is 0 Å². The SMILES string of the molecule is O=c1[nH]cnc2cc(NCCCOC[C@H]3CCCO3)c([N+](=O)[O-])cc12. The molecule has 0 saturated carbocycles. The van der Waals surface area contributed by atoms with Crippen LogP contribution in [0.4, 0.5) is 11.4 Å². The number of nitro groups is 1. The van der Waals surface area contributed by atoms with Crippen LogP contribution in [0.25, 0.3) is 10.9 Å². The van der Waals surface area contributed by atoms with Gasteiger partial charge < -0.3 is 19.8 Å². The Morgan fingerprint density at radius 3 is 3.12 bits per heavy atom. The summed E-state index contributed by atoms with van der Waals surface area (Å²) in [5.41, 5.74) is 0.203. The monoisotopic (exact) mass is 348 g/mol. The van der Waals surface area contributed by atoms with Crippen LogP contribution in [0.15, 0.2) is 23.3 Å². The number of anilines is 1. The predicted octanol–water partition coefficient (Wildman–Crippen LogP) is 1.83. The smallest absolute Gasteiger partial charge is 0.293 e. The van der Waals surface area contributed by atoms with Gasteiger partial charge in [-0.2, -0.15) is 0 Å². The molecule has 2 N–H and O–H groups in total. The number of hydrogen-bond donors (Lipinski definition) is 2. The Bertz CT molecular complexity index is 801.